The van der Waals surface area contributed by atoms with E-state index in [2.05, 4.69) is 0 Å². The van der Waals surface area contributed by atoms with E-state index in [4.69, 9.17) is 14.2 Å². The van der Waals surface area contributed by atoms with Crippen molar-refractivity contribution >= 4 is 11.9 Å². The zero-order chi connectivity index (χ0) is 22.3. The fourth-order valence-electron chi connectivity index (χ4n) is 3.24. The highest BCUT2D eigenvalue weighted by atomic mass is 16.5. The maximum absolute atomic E-state index is 12.7. The monoisotopic (exact) mass is 413 g/mol. The summed E-state index contributed by atoms with van der Waals surface area (Å²) in [6.07, 6.45) is -0.887. The highest BCUT2D eigenvalue weighted by Crippen LogP contribution is 2.29. The smallest absolute Gasteiger partial charge is 0.339 e. The van der Waals surface area contributed by atoms with Crippen molar-refractivity contribution in [3.05, 3.63) is 59.7 Å². The van der Waals surface area contributed by atoms with E-state index in [0.29, 0.717) is 23.7 Å². The minimum atomic E-state index is -0.887. The van der Waals surface area contributed by atoms with Gasteiger partial charge in [-0.25, -0.2) is 4.79 Å². The zero-order valence-electron chi connectivity index (χ0n) is 18.5. The molecule has 30 heavy (non-hydrogen) atoms. The molecular weight excluding hydrogens is 382 g/mol. The van der Waals surface area contributed by atoms with Crippen molar-refractivity contribution in [3.63, 3.8) is 0 Å². The molecule has 0 aromatic heterocycles. The van der Waals surface area contributed by atoms with Crippen molar-refractivity contribution in [1.82, 2.24) is 4.90 Å². The third kappa shape index (κ3) is 5.99. The van der Waals surface area contributed by atoms with Crippen LogP contribution in [0.1, 0.15) is 50.5 Å². The first-order chi connectivity index (χ1) is 14.2. The molecule has 6 heteroatoms. The average molecular weight is 414 g/mol. The van der Waals surface area contributed by atoms with Gasteiger partial charge in [-0.2, -0.15) is 0 Å². The van der Waals surface area contributed by atoms with Gasteiger partial charge in [-0.15, -0.1) is 0 Å². The summed E-state index contributed by atoms with van der Waals surface area (Å²) in [4.78, 5) is 27.0. The van der Waals surface area contributed by atoms with Crippen LogP contribution in [-0.4, -0.2) is 42.1 Å². The molecule has 0 aliphatic carbocycles. The highest BCUT2D eigenvalue weighted by molar-refractivity contribution is 5.93. The Morgan fingerprint density at radius 3 is 2.10 bits per heavy atom. The summed E-state index contributed by atoms with van der Waals surface area (Å²) >= 11 is 0. The number of nitrogens with zero attached hydrogens (tertiary/aromatic N) is 1. The van der Waals surface area contributed by atoms with Crippen LogP contribution in [0.25, 0.3) is 0 Å². The van der Waals surface area contributed by atoms with Gasteiger partial charge in [0.1, 0.15) is 6.61 Å². The first-order valence-electron chi connectivity index (χ1n) is 10.1. The van der Waals surface area contributed by atoms with E-state index in [9.17, 15) is 9.59 Å². The molecule has 6 nitrogen and oxygen atoms in total. The summed E-state index contributed by atoms with van der Waals surface area (Å²) in [6, 6.07) is 14.6. The predicted molar refractivity (Wildman–Crippen MR) is 116 cm³/mol. The first-order valence-corrected chi connectivity index (χ1v) is 10.1. The van der Waals surface area contributed by atoms with E-state index in [1.807, 2.05) is 58.0 Å². The molecule has 0 saturated carbocycles. The van der Waals surface area contributed by atoms with Gasteiger partial charge in [-0.3, -0.25) is 4.79 Å². The minimum absolute atomic E-state index is 0.0137. The lowest BCUT2D eigenvalue weighted by atomic mass is 10.2. The number of carbonyl (C=O) groups is 2. The molecule has 0 aliphatic rings. The van der Waals surface area contributed by atoms with E-state index < -0.39 is 12.1 Å². The van der Waals surface area contributed by atoms with E-state index >= 15 is 0 Å². The number of ether oxygens (including phenoxy) is 3. The molecule has 0 spiro atoms. The Morgan fingerprint density at radius 2 is 1.53 bits per heavy atom. The van der Waals surface area contributed by atoms with Crippen LogP contribution < -0.4 is 9.47 Å². The Labute approximate surface area is 178 Å². The third-order valence-electron chi connectivity index (χ3n) is 4.64. The Hall–Kier alpha value is -3.02. The van der Waals surface area contributed by atoms with E-state index in [-0.39, 0.29) is 18.0 Å². The van der Waals surface area contributed by atoms with Crippen LogP contribution in [0.2, 0.25) is 0 Å². The summed E-state index contributed by atoms with van der Waals surface area (Å²) in [7, 11) is 1.51. The van der Waals surface area contributed by atoms with Crippen molar-refractivity contribution in [1.29, 1.82) is 0 Å². The largest absolute Gasteiger partial charge is 0.493 e. The SMILES string of the molecule is COc1cc(C(=O)OC(C)C(=O)N(C(C)C)C(C)C)ccc1OCc1ccccc1. The molecular formula is C24H31NO5. The highest BCUT2D eigenvalue weighted by Gasteiger charge is 2.28. The van der Waals surface area contributed by atoms with Crippen LogP contribution in [-0.2, 0) is 16.1 Å². The summed E-state index contributed by atoms with van der Waals surface area (Å²) < 4.78 is 16.6. The number of esters is 1. The number of amides is 1. The Kier molecular flexibility index (Phi) is 8.27. The van der Waals surface area contributed by atoms with Crippen molar-refractivity contribution in [2.75, 3.05) is 7.11 Å². The summed E-state index contributed by atoms with van der Waals surface area (Å²) in [5.41, 5.74) is 1.31. The van der Waals surface area contributed by atoms with Crippen molar-refractivity contribution < 1.29 is 23.8 Å². The molecule has 1 atom stereocenters. The van der Waals surface area contributed by atoms with Crippen LogP contribution in [0.4, 0.5) is 0 Å². The Bertz CT molecular complexity index is 840. The Balaban J connectivity index is 2.07. The number of hydrogen-bond donors (Lipinski definition) is 0. The molecule has 0 aliphatic heterocycles. The van der Waals surface area contributed by atoms with Gasteiger partial charge in [0.05, 0.1) is 12.7 Å². The maximum Gasteiger partial charge on any atom is 0.339 e. The molecule has 2 aromatic rings. The van der Waals surface area contributed by atoms with Gasteiger partial charge >= 0.3 is 5.97 Å². The molecule has 2 aromatic carbocycles. The third-order valence-corrected chi connectivity index (χ3v) is 4.64. The topological polar surface area (TPSA) is 65.1 Å². The molecule has 0 fully saturated rings. The van der Waals surface area contributed by atoms with Crippen LogP contribution >= 0.6 is 0 Å². The van der Waals surface area contributed by atoms with Gasteiger partial charge in [0, 0.05) is 12.1 Å². The zero-order valence-corrected chi connectivity index (χ0v) is 18.5. The average Bonchev–Trinajstić information content (AvgIpc) is 2.72. The molecule has 0 radical (unpaired) electrons. The first kappa shape index (κ1) is 23.3. The fraction of sp³-hybridized carbons (Fsp3) is 0.417. The van der Waals surface area contributed by atoms with Crippen LogP contribution in [0.15, 0.2) is 48.5 Å². The standard InChI is InChI=1S/C24H31NO5/c1-16(2)25(17(3)4)23(26)18(5)30-24(27)20-12-13-21(22(14-20)28-6)29-15-19-10-8-7-9-11-19/h7-14,16-18H,15H2,1-6H3. The summed E-state index contributed by atoms with van der Waals surface area (Å²) in [6.45, 7) is 9.72. The van der Waals surface area contributed by atoms with E-state index in [1.165, 1.54) is 7.11 Å². The molecule has 0 saturated heterocycles. The molecule has 0 N–H and O–H groups in total. The molecule has 1 amide bonds. The number of carbonyl (C=O) groups excluding carboxylic acids is 2. The lowest BCUT2D eigenvalue weighted by Crippen LogP contribution is -2.47. The second kappa shape index (κ2) is 10.7. The van der Waals surface area contributed by atoms with Crippen molar-refractivity contribution in [2.45, 2.75) is 59.4 Å². The predicted octanol–water partition coefficient (Wildman–Crippen LogP) is 4.46. The van der Waals surface area contributed by atoms with Gasteiger partial charge < -0.3 is 19.1 Å². The minimum Gasteiger partial charge on any atom is -0.493 e. The second-order valence-corrected chi connectivity index (χ2v) is 7.62. The molecule has 162 valence electrons. The molecule has 0 bridgehead atoms. The van der Waals surface area contributed by atoms with Gasteiger partial charge in [0.15, 0.2) is 17.6 Å². The van der Waals surface area contributed by atoms with Crippen molar-refractivity contribution in [3.8, 4) is 11.5 Å². The maximum atomic E-state index is 12.7. The summed E-state index contributed by atoms with van der Waals surface area (Å²) in [5, 5.41) is 0. The molecule has 0 heterocycles. The molecule has 2 rings (SSSR count). The quantitative estimate of drug-likeness (QED) is 0.568. The fourth-order valence-corrected chi connectivity index (χ4v) is 3.24. The number of hydrogen-bond acceptors (Lipinski definition) is 5. The molecule has 1 unspecified atom stereocenters. The van der Waals surface area contributed by atoms with Gasteiger partial charge in [0.2, 0.25) is 0 Å². The second-order valence-electron chi connectivity index (χ2n) is 7.62. The lowest BCUT2D eigenvalue weighted by Gasteiger charge is -2.32. The van der Waals surface area contributed by atoms with Gasteiger partial charge in [-0.05, 0) is 58.4 Å². The van der Waals surface area contributed by atoms with Crippen LogP contribution in [0.5, 0.6) is 11.5 Å². The number of benzene rings is 2. The summed E-state index contributed by atoms with van der Waals surface area (Å²) in [5.74, 6) is 0.137. The van der Waals surface area contributed by atoms with Crippen LogP contribution in [0.3, 0.4) is 0 Å². The van der Waals surface area contributed by atoms with Gasteiger partial charge in [-0.1, -0.05) is 30.3 Å². The lowest BCUT2D eigenvalue weighted by molar-refractivity contribution is -0.143. The van der Waals surface area contributed by atoms with Gasteiger partial charge in [0.25, 0.3) is 5.91 Å². The van der Waals surface area contributed by atoms with E-state index in [1.54, 1.807) is 30.0 Å². The number of rotatable bonds is 9. The van der Waals surface area contributed by atoms with Crippen LogP contribution in [0, 0.1) is 0 Å². The van der Waals surface area contributed by atoms with Crippen molar-refractivity contribution in [2.24, 2.45) is 0 Å². The van der Waals surface area contributed by atoms with E-state index in [0.717, 1.165) is 5.56 Å². The number of methoxy groups -OCH3 is 1. The normalized spacial score (nSPS) is 11.9. The Morgan fingerprint density at radius 1 is 0.900 bits per heavy atom.